The van der Waals surface area contributed by atoms with E-state index in [1.165, 1.54) is 18.4 Å². The first-order chi connectivity index (χ1) is 7.05. The molecule has 0 bridgehead atoms. The van der Waals surface area contributed by atoms with Crippen molar-refractivity contribution >= 4 is 11.6 Å². The molecule has 0 aromatic heterocycles. The van der Waals surface area contributed by atoms with Crippen LogP contribution >= 0.6 is 11.6 Å². The Morgan fingerprint density at radius 3 is 2.87 bits per heavy atom. The lowest BCUT2D eigenvalue weighted by Crippen LogP contribution is -2.38. The number of hydrogen-bond donors (Lipinski definition) is 1. The van der Waals surface area contributed by atoms with Crippen LogP contribution in [0.15, 0.2) is 24.3 Å². The van der Waals surface area contributed by atoms with Gasteiger partial charge in [-0.25, -0.2) is 0 Å². The summed E-state index contributed by atoms with van der Waals surface area (Å²) < 4.78 is 0. The number of nitrogens with one attached hydrogen (secondary N) is 1. The van der Waals surface area contributed by atoms with Gasteiger partial charge >= 0.3 is 0 Å². The van der Waals surface area contributed by atoms with Crippen molar-refractivity contribution in [1.29, 1.82) is 0 Å². The summed E-state index contributed by atoms with van der Waals surface area (Å²) in [6.07, 6.45) is 3.61. The molecule has 0 saturated carbocycles. The van der Waals surface area contributed by atoms with Crippen molar-refractivity contribution in [3.63, 3.8) is 0 Å². The maximum absolute atomic E-state index is 5.97. The van der Waals surface area contributed by atoms with Crippen LogP contribution in [0.5, 0.6) is 0 Å². The number of rotatable bonds is 2. The fourth-order valence-corrected chi connectivity index (χ4v) is 2.55. The fraction of sp³-hybridized carbons (Fsp3) is 0.538. The Morgan fingerprint density at radius 2 is 2.27 bits per heavy atom. The molecular weight excluding hydrogens is 206 g/mol. The van der Waals surface area contributed by atoms with Crippen molar-refractivity contribution in [3.05, 3.63) is 34.9 Å². The molecule has 1 aliphatic heterocycles. The van der Waals surface area contributed by atoms with Gasteiger partial charge in [-0.3, -0.25) is 0 Å². The molecule has 0 aliphatic carbocycles. The third-order valence-corrected chi connectivity index (χ3v) is 3.32. The molecule has 1 saturated heterocycles. The van der Waals surface area contributed by atoms with Crippen molar-refractivity contribution < 1.29 is 0 Å². The van der Waals surface area contributed by atoms with Gasteiger partial charge in [-0.2, -0.15) is 0 Å². The number of hydrogen-bond acceptors (Lipinski definition) is 1. The number of halogens is 1. The van der Waals surface area contributed by atoms with E-state index in [4.69, 9.17) is 11.6 Å². The third-order valence-electron chi connectivity index (χ3n) is 3.08. The van der Waals surface area contributed by atoms with E-state index in [1.54, 1.807) is 0 Å². The summed E-state index contributed by atoms with van der Waals surface area (Å²) >= 11 is 5.97. The van der Waals surface area contributed by atoms with E-state index < -0.39 is 0 Å². The zero-order chi connectivity index (χ0) is 10.9. The predicted molar refractivity (Wildman–Crippen MR) is 65.4 cm³/mol. The Balaban J connectivity index is 1.99. The van der Waals surface area contributed by atoms with Crippen molar-refractivity contribution in [2.75, 3.05) is 0 Å². The first-order valence-corrected chi connectivity index (χ1v) is 5.95. The van der Waals surface area contributed by atoms with E-state index >= 15 is 0 Å². The molecule has 1 N–H and O–H groups in total. The summed E-state index contributed by atoms with van der Waals surface area (Å²) in [5.74, 6) is 0. The van der Waals surface area contributed by atoms with Crippen LogP contribution in [0.3, 0.4) is 0 Å². The quantitative estimate of drug-likeness (QED) is 0.810. The monoisotopic (exact) mass is 223 g/mol. The fourth-order valence-electron chi connectivity index (χ4n) is 2.33. The second-order valence-electron chi connectivity index (χ2n) is 5.10. The van der Waals surface area contributed by atoms with Crippen LogP contribution in [0.4, 0.5) is 0 Å². The van der Waals surface area contributed by atoms with Gasteiger partial charge in [-0.15, -0.1) is 0 Å². The van der Waals surface area contributed by atoms with E-state index in [1.807, 2.05) is 12.1 Å². The predicted octanol–water partition coefficient (Wildman–Crippen LogP) is 3.41. The lowest BCUT2D eigenvalue weighted by Gasteiger charge is -2.20. The average molecular weight is 224 g/mol. The van der Waals surface area contributed by atoms with E-state index in [0.29, 0.717) is 11.6 Å². The van der Waals surface area contributed by atoms with Crippen LogP contribution in [0.2, 0.25) is 5.02 Å². The third kappa shape index (κ3) is 2.96. The van der Waals surface area contributed by atoms with Gasteiger partial charge in [0.05, 0.1) is 0 Å². The molecule has 1 nitrogen and oxygen atoms in total. The molecule has 1 aromatic rings. The summed E-state index contributed by atoms with van der Waals surface area (Å²) in [4.78, 5) is 0. The second-order valence-corrected chi connectivity index (χ2v) is 5.53. The van der Waals surface area contributed by atoms with Gasteiger partial charge in [0.15, 0.2) is 0 Å². The van der Waals surface area contributed by atoms with E-state index in [9.17, 15) is 0 Å². The first-order valence-electron chi connectivity index (χ1n) is 5.57. The first kappa shape index (κ1) is 11.0. The molecule has 15 heavy (non-hydrogen) atoms. The van der Waals surface area contributed by atoms with Crippen molar-refractivity contribution in [1.82, 2.24) is 5.32 Å². The molecule has 1 fully saturated rings. The van der Waals surface area contributed by atoms with Crippen LogP contribution in [0.25, 0.3) is 0 Å². The van der Waals surface area contributed by atoms with E-state index in [2.05, 4.69) is 31.3 Å². The van der Waals surface area contributed by atoms with Crippen LogP contribution < -0.4 is 5.32 Å². The van der Waals surface area contributed by atoms with E-state index in [0.717, 1.165) is 11.4 Å². The largest absolute Gasteiger partial charge is 0.309 e. The smallest absolute Gasteiger partial charge is 0.0408 e. The minimum absolute atomic E-state index is 0.309. The van der Waals surface area contributed by atoms with Crippen LogP contribution in [0, 0.1) is 0 Å². The molecule has 1 heterocycles. The van der Waals surface area contributed by atoms with Gasteiger partial charge in [0.25, 0.3) is 0 Å². The van der Waals surface area contributed by atoms with Gasteiger partial charge in [0.1, 0.15) is 0 Å². The highest BCUT2D eigenvalue weighted by atomic mass is 35.5. The van der Waals surface area contributed by atoms with Gasteiger partial charge < -0.3 is 5.32 Å². The zero-order valence-corrected chi connectivity index (χ0v) is 10.1. The topological polar surface area (TPSA) is 12.0 Å². The molecule has 2 heteroatoms. The molecule has 1 aliphatic rings. The van der Waals surface area contributed by atoms with Crippen LogP contribution in [-0.4, -0.2) is 11.6 Å². The molecular formula is C13H18ClN. The Labute approximate surface area is 96.8 Å². The highest BCUT2D eigenvalue weighted by Crippen LogP contribution is 2.24. The lowest BCUT2D eigenvalue weighted by atomic mass is 10.0. The molecule has 1 aromatic carbocycles. The Kier molecular flexibility index (Phi) is 3.03. The molecule has 0 spiro atoms. The van der Waals surface area contributed by atoms with Gasteiger partial charge in [-0.05, 0) is 50.8 Å². The molecule has 0 radical (unpaired) electrons. The van der Waals surface area contributed by atoms with Gasteiger partial charge in [0, 0.05) is 16.6 Å². The van der Waals surface area contributed by atoms with Gasteiger partial charge in [0.2, 0.25) is 0 Å². The zero-order valence-electron chi connectivity index (χ0n) is 9.39. The number of benzene rings is 1. The van der Waals surface area contributed by atoms with Crippen molar-refractivity contribution in [2.45, 2.75) is 44.7 Å². The highest BCUT2D eigenvalue weighted by Gasteiger charge is 2.29. The Bertz CT molecular complexity index is 346. The Hall–Kier alpha value is -0.530. The van der Waals surface area contributed by atoms with Gasteiger partial charge in [-0.1, -0.05) is 23.7 Å². The standard InChI is InChI=1S/C13H18ClN/c1-13(2)7-6-12(15-13)9-10-4-3-5-11(14)8-10/h3-5,8,12,15H,6-7,9H2,1-2H3. The van der Waals surface area contributed by atoms with Crippen molar-refractivity contribution in [3.8, 4) is 0 Å². The molecule has 0 amide bonds. The molecule has 2 rings (SSSR count). The summed E-state index contributed by atoms with van der Waals surface area (Å²) in [5, 5.41) is 4.49. The molecule has 82 valence electrons. The lowest BCUT2D eigenvalue weighted by molar-refractivity contribution is 0.427. The van der Waals surface area contributed by atoms with Crippen molar-refractivity contribution in [2.24, 2.45) is 0 Å². The highest BCUT2D eigenvalue weighted by molar-refractivity contribution is 6.30. The summed E-state index contributed by atoms with van der Waals surface area (Å²) in [7, 11) is 0. The summed E-state index contributed by atoms with van der Waals surface area (Å²) in [6.45, 7) is 4.54. The minimum atomic E-state index is 0.309. The second kappa shape index (κ2) is 4.15. The molecule has 1 atom stereocenters. The molecule has 1 unspecified atom stereocenters. The average Bonchev–Trinajstić information content (AvgIpc) is 2.45. The minimum Gasteiger partial charge on any atom is -0.309 e. The maximum Gasteiger partial charge on any atom is 0.0408 e. The SMILES string of the molecule is CC1(C)CCC(Cc2cccc(Cl)c2)N1. The summed E-state index contributed by atoms with van der Waals surface area (Å²) in [6, 6.07) is 8.78. The van der Waals surface area contributed by atoms with Crippen LogP contribution in [0.1, 0.15) is 32.3 Å². The Morgan fingerprint density at radius 1 is 1.47 bits per heavy atom. The van der Waals surface area contributed by atoms with E-state index in [-0.39, 0.29) is 0 Å². The maximum atomic E-state index is 5.97. The summed E-state index contributed by atoms with van der Waals surface area (Å²) in [5.41, 5.74) is 1.64. The normalized spacial score (nSPS) is 24.3. The van der Waals surface area contributed by atoms with Crippen LogP contribution in [-0.2, 0) is 6.42 Å².